The van der Waals surface area contributed by atoms with Gasteiger partial charge in [0.1, 0.15) is 0 Å². The van der Waals surface area contributed by atoms with Crippen molar-refractivity contribution in [2.75, 3.05) is 0 Å². The van der Waals surface area contributed by atoms with Crippen molar-refractivity contribution in [3.05, 3.63) is 93.4 Å². The monoisotopic (exact) mass is 1100 g/mol. The smallest absolute Gasteiger partial charge is 0.0373 e. The maximum atomic E-state index is 3.57. The van der Waals surface area contributed by atoms with Gasteiger partial charge >= 0.3 is 0 Å². The van der Waals surface area contributed by atoms with E-state index in [1.165, 1.54) is 33.4 Å². The van der Waals surface area contributed by atoms with Crippen molar-refractivity contribution >= 4 is 159 Å². The van der Waals surface area contributed by atoms with E-state index in [-0.39, 0.29) is 0 Å². The second-order valence-electron chi connectivity index (χ2n) is 7.14. The number of hydrogen-bond donors (Lipinski definition) is 0. The first-order chi connectivity index (χ1) is 15.8. The molecule has 0 saturated heterocycles. The minimum absolute atomic E-state index is 0.800. The fourth-order valence-electron chi connectivity index (χ4n) is 2.45. The second kappa shape index (κ2) is 16.5. The van der Waals surface area contributed by atoms with Gasteiger partial charge in [0.25, 0.3) is 0 Å². The van der Waals surface area contributed by atoms with Gasteiger partial charge < -0.3 is 0 Å². The zero-order chi connectivity index (χ0) is 26.3. The summed E-state index contributed by atoms with van der Waals surface area (Å²) in [5.41, 5.74) is 7.42. The van der Waals surface area contributed by atoms with Crippen LogP contribution in [0.5, 0.6) is 0 Å². The predicted molar refractivity (Wildman–Crippen MR) is 185 cm³/mol. The van der Waals surface area contributed by atoms with Crippen LogP contribution >= 0.6 is 159 Å². The van der Waals surface area contributed by atoms with Crippen molar-refractivity contribution in [1.29, 1.82) is 0 Å². The van der Waals surface area contributed by atoms with Crippen LogP contribution in [0.4, 0.5) is 0 Å². The fraction of sp³-hybridized carbons (Fsp3) is 0.250. The molecular formula is C24H20Br10. The van der Waals surface area contributed by atoms with Gasteiger partial charge in [-0.05, 0) is 177 Å². The van der Waals surface area contributed by atoms with E-state index in [1.807, 2.05) is 0 Å². The Morgan fingerprint density at radius 2 is 0.618 bits per heavy atom. The van der Waals surface area contributed by atoms with Crippen molar-refractivity contribution in [2.24, 2.45) is 0 Å². The van der Waals surface area contributed by atoms with Crippen LogP contribution in [0.25, 0.3) is 0 Å². The summed E-state index contributed by atoms with van der Waals surface area (Å²) in [4.78, 5) is 0. The van der Waals surface area contributed by atoms with Gasteiger partial charge in [0.2, 0.25) is 0 Å². The van der Waals surface area contributed by atoms with Crippen LogP contribution in [0.1, 0.15) is 33.4 Å². The summed E-state index contributed by atoms with van der Waals surface area (Å²) in [5.74, 6) is 0. The second-order valence-corrected chi connectivity index (χ2v) is 14.6. The molecule has 0 aromatic heterocycles. The van der Waals surface area contributed by atoms with E-state index in [2.05, 4.69) is 211 Å². The zero-order valence-corrected chi connectivity index (χ0v) is 34.4. The number of alkyl halides is 2. The highest BCUT2D eigenvalue weighted by molar-refractivity contribution is 9.14. The molecule has 3 rings (SSSR count). The average molecular weight is 1110 g/mol. The summed E-state index contributed by atoms with van der Waals surface area (Å²) < 4.78 is 8.76. The molecule has 3 aromatic rings. The van der Waals surface area contributed by atoms with Gasteiger partial charge in [-0.2, -0.15) is 0 Å². The molecule has 0 unspecified atom stereocenters. The van der Waals surface area contributed by atoms with Gasteiger partial charge in [-0.25, -0.2) is 0 Å². The Balaban J connectivity index is 0.000000264. The van der Waals surface area contributed by atoms with E-state index in [1.54, 1.807) is 0 Å². The molecular weight excluding hydrogens is 1090 g/mol. The Bertz CT molecular complexity index is 948. The SMILES string of the molecule is BrCc1c(Br)c(Br)c(CBr)c(Br)c1Br.Cc1c(Br)c(Br)c(C)c(Br)c1Br.Cc1ccc(C)cc1. The summed E-state index contributed by atoms with van der Waals surface area (Å²) in [6.07, 6.45) is 0. The molecule has 34 heavy (non-hydrogen) atoms. The average Bonchev–Trinajstić information content (AvgIpc) is 2.82. The normalized spacial score (nSPS) is 10.3. The van der Waals surface area contributed by atoms with Gasteiger partial charge in [-0.1, -0.05) is 67.3 Å². The summed E-state index contributed by atoms with van der Waals surface area (Å²) in [6, 6.07) is 8.48. The van der Waals surface area contributed by atoms with Crippen LogP contribution in [0.15, 0.2) is 60.0 Å². The number of benzene rings is 3. The molecule has 0 aliphatic rings. The Morgan fingerprint density at radius 1 is 0.412 bits per heavy atom. The Kier molecular flexibility index (Phi) is 16.8. The lowest BCUT2D eigenvalue weighted by Crippen LogP contribution is -1.93. The third-order valence-electron chi connectivity index (χ3n) is 4.63. The molecule has 3 aromatic carbocycles. The third-order valence-corrected chi connectivity index (χ3v) is 15.3. The first kappa shape index (κ1) is 34.5. The minimum Gasteiger partial charge on any atom is -0.0875 e. The largest absolute Gasteiger partial charge is 0.0875 e. The van der Waals surface area contributed by atoms with Gasteiger partial charge in [0.15, 0.2) is 0 Å². The van der Waals surface area contributed by atoms with Crippen LogP contribution in [0.3, 0.4) is 0 Å². The molecule has 0 aliphatic heterocycles. The molecule has 0 amide bonds. The molecule has 0 N–H and O–H groups in total. The predicted octanol–water partition coefficient (Wildman–Crippen LogP) is 14.2. The molecule has 0 saturated carbocycles. The molecule has 0 radical (unpaired) electrons. The Labute approximate surface area is 286 Å². The molecule has 0 heterocycles. The standard InChI is InChI=1S/C8H4Br6.C8H6Br4.C8H10/c9-1-3-5(11)7(13)4(2-10)8(14)6(3)12;1-3-5(9)7(11)4(2)8(12)6(3)10;1-7-3-5-8(2)6-4-7/h1-2H2;1-2H3;3-6H,1-2H3. The van der Waals surface area contributed by atoms with Gasteiger partial charge in [-0.15, -0.1) is 0 Å². The van der Waals surface area contributed by atoms with Crippen LogP contribution < -0.4 is 0 Å². The maximum Gasteiger partial charge on any atom is 0.0373 e. The first-order valence-corrected chi connectivity index (χ1v) is 18.2. The molecule has 0 atom stereocenters. The first-order valence-electron chi connectivity index (χ1n) is 9.57. The minimum atomic E-state index is 0.800. The van der Waals surface area contributed by atoms with E-state index in [0.29, 0.717) is 0 Å². The lowest BCUT2D eigenvalue weighted by molar-refractivity contribution is 1.25. The molecule has 186 valence electrons. The summed E-state index contributed by atoms with van der Waals surface area (Å²) >= 11 is 35.3. The van der Waals surface area contributed by atoms with Crippen LogP contribution in [0.2, 0.25) is 0 Å². The lowest BCUT2D eigenvalue weighted by atomic mass is 10.2. The summed E-state index contributed by atoms with van der Waals surface area (Å²) in [6.45, 7) is 8.31. The van der Waals surface area contributed by atoms with E-state index in [4.69, 9.17) is 0 Å². The highest BCUT2D eigenvalue weighted by Gasteiger charge is 2.17. The summed E-state index contributed by atoms with van der Waals surface area (Å²) in [5, 5.41) is 1.60. The van der Waals surface area contributed by atoms with Crippen molar-refractivity contribution < 1.29 is 0 Å². The van der Waals surface area contributed by atoms with E-state index < -0.39 is 0 Å². The Hall–Kier alpha value is 2.46. The Morgan fingerprint density at radius 3 is 0.794 bits per heavy atom. The van der Waals surface area contributed by atoms with Crippen molar-refractivity contribution in [3.8, 4) is 0 Å². The van der Waals surface area contributed by atoms with Crippen LogP contribution in [0, 0.1) is 27.7 Å². The highest BCUT2D eigenvalue weighted by Crippen LogP contribution is 2.43. The van der Waals surface area contributed by atoms with Crippen molar-refractivity contribution in [2.45, 2.75) is 38.4 Å². The molecule has 0 spiro atoms. The van der Waals surface area contributed by atoms with Gasteiger partial charge in [-0.3, -0.25) is 0 Å². The molecule has 0 aliphatic carbocycles. The maximum absolute atomic E-state index is 3.57. The van der Waals surface area contributed by atoms with E-state index >= 15 is 0 Å². The number of aryl methyl sites for hydroxylation is 2. The zero-order valence-electron chi connectivity index (χ0n) is 18.5. The van der Waals surface area contributed by atoms with Crippen molar-refractivity contribution in [3.63, 3.8) is 0 Å². The van der Waals surface area contributed by atoms with E-state index in [9.17, 15) is 0 Å². The third kappa shape index (κ3) is 9.29. The topological polar surface area (TPSA) is 0 Å². The number of hydrogen-bond acceptors (Lipinski definition) is 0. The molecule has 0 fully saturated rings. The lowest BCUT2D eigenvalue weighted by Gasteiger charge is -2.13. The van der Waals surface area contributed by atoms with Crippen LogP contribution in [-0.2, 0) is 10.7 Å². The fourth-order valence-corrected chi connectivity index (χ4v) is 10.4. The summed E-state index contributed by atoms with van der Waals surface area (Å²) in [7, 11) is 0. The van der Waals surface area contributed by atoms with Crippen molar-refractivity contribution in [1.82, 2.24) is 0 Å². The highest BCUT2D eigenvalue weighted by atomic mass is 79.9. The quantitative estimate of drug-likeness (QED) is 0.177. The van der Waals surface area contributed by atoms with E-state index in [0.717, 1.165) is 46.4 Å². The number of rotatable bonds is 2. The van der Waals surface area contributed by atoms with Gasteiger partial charge in [0.05, 0.1) is 0 Å². The molecule has 0 nitrogen and oxygen atoms in total. The van der Waals surface area contributed by atoms with Gasteiger partial charge in [0, 0.05) is 46.4 Å². The number of halogens is 10. The van der Waals surface area contributed by atoms with Crippen LogP contribution in [-0.4, -0.2) is 0 Å². The molecule has 0 bridgehead atoms. The molecule has 10 heteroatoms.